The van der Waals surface area contributed by atoms with Gasteiger partial charge in [-0.25, -0.2) is 0 Å². The number of allylic oxidation sites excluding steroid dienone is 12. The van der Waals surface area contributed by atoms with Crippen LogP contribution in [0.25, 0.3) is 0 Å². The van der Waals surface area contributed by atoms with Crippen molar-refractivity contribution in [2.24, 2.45) is 0 Å². The van der Waals surface area contributed by atoms with Crippen LogP contribution in [0.5, 0.6) is 0 Å². The molecule has 0 rings (SSSR count). The minimum absolute atomic E-state index is 0.0597. The summed E-state index contributed by atoms with van der Waals surface area (Å²) in [6.45, 7) is 6.41. The van der Waals surface area contributed by atoms with Crippen molar-refractivity contribution in [3.63, 3.8) is 0 Å². The first-order chi connectivity index (χ1) is 33.5. The Morgan fingerprint density at radius 3 is 1.24 bits per heavy atom. The van der Waals surface area contributed by atoms with Crippen LogP contribution in [0.2, 0.25) is 0 Å². The van der Waals surface area contributed by atoms with E-state index in [-0.39, 0.29) is 24.9 Å². The number of hydrogen-bond acceptors (Lipinski definition) is 5. The van der Waals surface area contributed by atoms with Gasteiger partial charge in [-0.15, -0.1) is 0 Å². The number of unbranched alkanes of at least 4 members (excludes halogenated alkanes) is 32. The van der Waals surface area contributed by atoms with Gasteiger partial charge in [0.25, 0.3) is 0 Å². The molecule has 0 aliphatic rings. The van der Waals surface area contributed by atoms with E-state index in [4.69, 9.17) is 4.74 Å². The summed E-state index contributed by atoms with van der Waals surface area (Å²) >= 11 is 0. The van der Waals surface area contributed by atoms with Crippen LogP contribution in [0, 0.1) is 0 Å². The largest absolute Gasteiger partial charge is 0.462 e. The summed E-state index contributed by atoms with van der Waals surface area (Å²) in [5.41, 5.74) is 0. The summed E-state index contributed by atoms with van der Waals surface area (Å²) in [6.07, 6.45) is 71.0. The van der Waals surface area contributed by atoms with Gasteiger partial charge in [-0.2, -0.15) is 0 Å². The molecule has 0 heterocycles. The summed E-state index contributed by atoms with van der Waals surface area (Å²) in [7, 11) is 0. The highest BCUT2D eigenvalue weighted by Crippen LogP contribution is 2.18. The molecule has 0 saturated heterocycles. The molecular weight excluding hydrogens is 839 g/mol. The average Bonchev–Trinajstić information content (AvgIpc) is 3.33. The molecule has 394 valence electrons. The van der Waals surface area contributed by atoms with Gasteiger partial charge in [0.2, 0.25) is 5.91 Å². The predicted molar refractivity (Wildman–Crippen MR) is 296 cm³/mol. The zero-order chi connectivity index (χ0) is 49.5. The number of ether oxygens (including phenoxy) is 1. The Labute approximate surface area is 421 Å². The monoisotopic (exact) mass is 950 g/mol. The van der Waals surface area contributed by atoms with Crippen molar-refractivity contribution in [1.82, 2.24) is 5.32 Å². The van der Waals surface area contributed by atoms with E-state index in [1.165, 1.54) is 148 Å². The van der Waals surface area contributed by atoms with Crippen LogP contribution in [-0.2, 0) is 14.3 Å². The smallest absolute Gasteiger partial charge is 0.306 e. The molecule has 6 nitrogen and oxygen atoms in total. The number of nitrogens with one attached hydrogen (secondary N) is 1. The first-order valence-corrected chi connectivity index (χ1v) is 29.2. The molecule has 3 unspecified atom stereocenters. The second-order valence-electron chi connectivity index (χ2n) is 19.8. The molecule has 0 radical (unpaired) electrons. The molecule has 0 spiro atoms. The van der Waals surface area contributed by atoms with Gasteiger partial charge in [0.15, 0.2) is 0 Å². The molecule has 3 N–H and O–H groups in total. The highest BCUT2D eigenvalue weighted by atomic mass is 16.5. The van der Waals surface area contributed by atoms with E-state index in [2.05, 4.69) is 74.7 Å². The number of carbonyl (C=O) groups excluding carboxylic acids is 2. The Morgan fingerprint density at radius 1 is 0.426 bits per heavy atom. The van der Waals surface area contributed by atoms with Crippen LogP contribution in [0.3, 0.4) is 0 Å². The number of amides is 1. The Bertz CT molecular complexity index is 1250. The lowest BCUT2D eigenvalue weighted by atomic mass is 10.0. The average molecular weight is 951 g/mol. The van der Waals surface area contributed by atoms with E-state index >= 15 is 0 Å². The van der Waals surface area contributed by atoms with Crippen LogP contribution in [-0.4, -0.2) is 46.9 Å². The molecule has 6 heteroatoms. The summed E-state index contributed by atoms with van der Waals surface area (Å²) in [6, 6.07) is -0.713. The normalized spacial score (nSPS) is 13.7. The third-order valence-corrected chi connectivity index (χ3v) is 13.1. The maximum atomic E-state index is 13.3. The molecular formula is C62H111NO5. The zero-order valence-electron chi connectivity index (χ0n) is 45.0. The summed E-state index contributed by atoms with van der Waals surface area (Å²) in [5.74, 6) is -0.505. The van der Waals surface area contributed by atoms with Gasteiger partial charge in [0, 0.05) is 6.42 Å². The minimum Gasteiger partial charge on any atom is -0.462 e. The Hall–Kier alpha value is -2.70. The van der Waals surface area contributed by atoms with Gasteiger partial charge >= 0.3 is 5.97 Å². The van der Waals surface area contributed by atoms with Gasteiger partial charge in [0.05, 0.1) is 25.2 Å². The Morgan fingerprint density at radius 2 is 0.794 bits per heavy atom. The van der Waals surface area contributed by atoms with E-state index < -0.39 is 18.2 Å². The van der Waals surface area contributed by atoms with E-state index in [9.17, 15) is 19.8 Å². The number of aliphatic hydroxyl groups excluding tert-OH is 2. The van der Waals surface area contributed by atoms with E-state index in [1.807, 2.05) is 24.3 Å². The molecule has 0 bridgehead atoms. The summed E-state index contributed by atoms with van der Waals surface area (Å²) < 4.78 is 5.95. The van der Waals surface area contributed by atoms with Crippen molar-refractivity contribution >= 4 is 11.9 Å². The van der Waals surface area contributed by atoms with Crippen molar-refractivity contribution in [2.45, 2.75) is 302 Å². The van der Waals surface area contributed by atoms with Crippen LogP contribution in [0.4, 0.5) is 0 Å². The first kappa shape index (κ1) is 65.3. The minimum atomic E-state index is -0.798. The van der Waals surface area contributed by atoms with E-state index in [0.29, 0.717) is 19.3 Å². The van der Waals surface area contributed by atoms with Gasteiger partial charge in [-0.05, 0) is 70.6 Å². The van der Waals surface area contributed by atoms with Gasteiger partial charge < -0.3 is 20.3 Å². The highest BCUT2D eigenvalue weighted by molar-refractivity contribution is 5.77. The molecule has 0 aromatic heterocycles. The van der Waals surface area contributed by atoms with Crippen LogP contribution >= 0.6 is 0 Å². The third-order valence-electron chi connectivity index (χ3n) is 13.1. The number of hydrogen-bond donors (Lipinski definition) is 3. The second-order valence-corrected chi connectivity index (χ2v) is 19.8. The second kappa shape index (κ2) is 55.2. The lowest BCUT2D eigenvalue weighted by Gasteiger charge is -2.24. The molecule has 68 heavy (non-hydrogen) atoms. The van der Waals surface area contributed by atoms with E-state index in [0.717, 1.165) is 89.9 Å². The van der Waals surface area contributed by atoms with Crippen molar-refractivity contribution in [3.05, 3.63) is 72.9 Å². The summed E-state index contributed by atoms with van der Waals surface area (Å²) in [5, 5.41) is 23.9. The quantitative estimate of drug-likeness (QED) is 0.0244. The lowest BCUT2D eigenvalue weighted by molar-refractivity contribution is -0.151. The maximum Gasteiger partial charge on any atom is 0.306 e. The fourth-order valence-electron chi connectivity index (χ4n) is 8.69. The van der Waals surface area contributed by atoms with Gasteiger partial charge in [-0.3, -0.25) is 9.59 Å². The molecule has 0 aliphatic heterocycles. The van der Waals surface area contributed by atoms with Crippen molar-refractivity contribution in [1.29, 1.82) is 0 Å². The number of esters is 1. The number of rotatable bonds is 52. The number of aliphatic hydroxyl groups is 2. The molecule has 0 fully saturated rings. The zero-order valence-corrected chi connectivity index (χ0v) is 45.0. The Balaban J connectivity index is 4.61. The van der Waals surface area contributed by atoms with Gasteiger partial charge in [0.1, 0.15) is 6.10 Å². The molecule has 0 aliphatic carbocycles. The van der Waals surface area contributed by atoms with Crippen molar-refractivity contribution in [3.8, 4) is 0 Å². The van der Waals surface area contributed by atoms with Crippen LogP contribution in [0.1, 0.15) is 284 Å². The third kappa shape index (κ3) is 49.7. The summed E-state index contributed by atoms with van der Waals surface area (Å²) in [4.78, 5) is 26.3. The first-order valence-electron chi connectivity index (χ1n) is 29.2. The lowest BCUT2D eigenvalue weighted by Crippen LogP contribution is -2.46. The van der Waals surface area contributed by atoms with Gasteiger partial charge in [-0.1, -0.05) is 273 Å². The fourth-order valence-corrected chi connectivity index (χ4v) is 8.69. The van der Waals surface area contributed by atoms with Crippen molar-refractivity contribution < 1.29 is 24.5 Å². The Kier molecular flexibility index (Phi) is 53.0. The van der Waals surface area contributed by atoms with Crippen LogP contribution < -0.4 is 5.32 Å². The topological polar surface area (TPSA) is 95.9 Å². The number of carbonyl (C=O) groups is 2. The molecule has 0 saturated carbocycles. The molecule has 0 aromatic carbocycles. The van der Waals surface area contributed by atoms with E-state index in [1.54, 1.807) is 0 Å². The molecule has 0 aromatic rings. The highest BCUT2D eigenvalue weighted by Gasteiger charge is 2.24. The molecule has 1 amide bonds. The maximum absolute atomic E-state index is 13.3. The standard InChI is InChI=1S/C62H111NO5/c1-4-7-10-13-16-19-22-25-28-30-31-34-37-40-43-46-49-52-55-62(67)68-58(53-50-47-44-41-38-35-32-27-24-21-18-15-12-9-6-3)56-61(66)63-59(57-64)60(65)54-51-48-45-42-39-36-33-29-26-23-20-17-14-11-8-5-2/h10,13,16,19,22,25,27-28,30-32,34,58-60,64-65H,4-9,11-12,14-15,17-18,20-21,23-24,26,29,33,35-57H2,1-3H3,(H,63,66)/b13-10+,19-16+,25-22+,30-28+,32-27+,34-31+. The molecule has 3 atom stereocenters. The van der Waals surface area contributed by atoms with Crippen LogP contribution in [0.15, 0.2) is 72.9 Å². The SMILES string of the molecule is CCC/C=C/C=C/C=C/C=C/C=C/CCCCCCCC(=O)OC(CCCCCCC/C=C/CCCCCCCC)CC(=O)NC(CO)C(O)CCCCCCCCCCCCCCCCCC. The predicted octanol–water partition coefficient (Wildman–Crippen LogP) is 18.1. The fraction of sp³-hybridized carbons (Fsp3) is 0.774. The van der Waals surface area contributed by atoms with Crippen molar-refractivity contribution in [2.75, 3.05) is 6.61 Å².